The third kappa shape index (κ3) is 10.2. The van der Waals surface area contributed by atoms with Crippen LogP contribution in [0.1, 0.15) is 40.0 Å². The highest BCUT2D eigenvalue weighted by molar-refractivity contribution is 7.99. The molecule has 0 aromatic rings. The van der Waals surface area contributed by atoms with E-state index in [1.165, 1.54) is 43.9 Å². The molecule has 80 valence electrons. The molecule has 1 nitrogen and oxygen atoms in total. The molecule has 0 saturated carbocycles. The van der Waals surface area contributed by atoms with Crippen LogP contribution in [0, 0.1) is 5.92 Å². The van der Waals surface area contributed by atoms with Gasteiger partial charge in [0, 0.05) is 12.3 Å². The molecule has 1 unspecified atom stereocenters. The second-order valence-corrected chi connectivity index (χ2v) is 4.84. The maximum absolute atomic E-state index is 3.46. The molecule has 0 aliphatic carbocycles. The summed E-state index contributed by atoms with van der Waals surface area (Å²) < 4.78 is 0. The van der Waals surface area contributed by atoms with Gasteiger partial charge in [-0.1, -0.05) is 33.6 Å². The Kier molecular flexibility index (Phi) is 10.6. The van der Waals surface area contributed by atoms with Crippen molar-refractivity contribution >= 4 is 11.8 Å². The van der Waals surface area contributed by atoms with Gasteiger partial charge in [-0.05, 0) is 24.6 Å². The standard InChI is InChI=1S/C11H25NS/c1-4-6-7-12-8-9-13-10-11(3)5-2/h11-12H,4-10H2,1-3H3. The Morgan fingerprint density at radius 1 is 1.23 bits per heavy atom. The van der Waals surface area contributed by atoms with Crippen LogP contribution in [0.3, 0.4) is 0 Å². The molecule has 0 spiro atoms. The average molecular weight is 203 g/mol. The van der Waals surface area contributed by atoms with Crippen LogP contribution in [0.4, 0.5) is 0 Å². The number of hydrogen-bond donors (Lipinski definition) is 1. The molecule has 0 aromatic carbocycles. The molecule has 13 heavy (non-hydrogen) atoms. The fourth-order valence-corrected chi connectivity index (χ4v) is 2.07. The maximum atomic E-state index is 3.46. The van der Waals surface area contributed by atoms with E-state index < -0.39 is 0 Å². The number of hydrogen-bond acceptors (Lipinski definition) is 2. The lowest BCUT2D eigenvalue weighted by molar-refractivity contribution is 0.635. The van der Waals surface area contributed by atoms with E-state index >= 15 is 0 Å². The van der Waals surface area contributed by atoms with Crippen molar-refractivity contribution in [2.45, 2.75) is 40.0 Å². The Labute approximate surface area is 88.1 Å². The van der Waals surface area contributed by atoms with E-state index in [4.69, 9.17) is 0 Å². The monoisotopic (exact) mass is 203 g/mol. The highest BCUT2D eigenvalue weighted by Gasteiger charge is 1.97. The van der Waals surface area contributed by atoms with Gasteiger partial charge >= 0.3 is 0 Å². The Hall–Kier alpha value is 0.310. The minimum absolute atomic E-state index is 0.889. The first kappa shape index (κ1) is 13.3. The lowest BCUT2D eigenvalue weighted by Gasteiger charge is -2.07. The van der Waals surface area contributed by atoms with E-state index in [0.717, 1.165) is 5.92 Å². The van der Waals surface area contributed by atoms with Crippen LogP contribution in [0.5, 0.6) is 0 Å². The van der Waals surface area contributed by atoms with Crippen molar-refractivity contribution in [2.24, 2.45) is 5.92 Å². The van der Waals surface area contributed by atoms with Crippen molar-refractivity contribution in [3.8, 4) is 0 Å². The van der Waals surface area contributed by atoms with E-state index in [2.05, 4.69) is 37.8 Å². The second-order valence-electron chi connectivity index (χ2n) is 3.69. The first-order chi connectivity index (χ1) is 6.31. The second kappa shape index (κ2) is 10.4. The van der Waals surface area contributed by atoms with Gasteiger partial charge in [-0.25, -0.2) is 0 Å². The predicted molar refractivity (Wildman–Crippen MR) is 64.6 cm³/mol. The zero-order valence-corrected chi connectivity index (χ0v) is 10.3. The minimum Gasteiger partial charge on any atom is -0.316 e. The SMILES string of the molecule is CCCCNCCSCC(C)CC. The van der Waals surface area contributed by atoms with Gasteiger partial charge < -0.3 is 5.32 Å². The van der Waals surface area contributed by atoms with Crippen LogP contribution < -0.4 is 5.32 Å². The fraction of sp³-hybridized carbons (Fsp3) is 1.00. The summed E-state index contributed by atoms with van der Waals surface area (Å²) in [6, 6.07) is 0. The zero-order chi connectivity index (χ0) is 9.94. The van der Waals surface area contributed by atoms with Crippen molar-refractivity contribution in [3.63, 3.8) is 0 Å². The molecule has 0 radical (unpaired) electrons. The lowest BCUT2D eigenvalue weighted by Crippen LogP contribution is -2.18. The highest BCUT2D eigenvalue weighted by Crippen LogP contribution is 2.09. The smallest absolute Gasteiger partial charge is 0.00582 e. The van der Waals surface area contributed by atoms with Crippen molar-refractivity contribution < 1.29 is 0 Å². The van der Waals surface area contributed by atoms with Gasteiger partial charge in [-0.3, -0.25) is 0 Å². The van der Waals surface area contributed by atoms with Crippen LogP contribution in [0.15, 0.2) is 0 Å². The van der Waals surface area contributed by atoms with Gasteiger partial charge in [0.25, 0.3) is 0 Å². The van der Waals surface area contributed by atoms with Crippen molar-refractivity contribution in [1.29, 1.82) is 0 Å². The molecule has 0 bridgehead atoms. The van der Waals surface area contributed by atoms with E-state index in [1.54, 1.807) is 0 Å². The normalized spacial score (nSPS) is 13.2. The lowest BCUT2D eigenvalue weighted by atomic mass is 10.2. The number of thioether (sulfide) groups is 1. The first-order valence-corrected chi connectivity index (χ1v) is 6.75. The van der Waals surface area contributed by atoms with Gasteiger partial charge in [0.05, 0.1) is 0 Å². The van der Waals surface area contributed by atoms with Crippen LogP contribution in [-0.4, -0.2) is 24.6 Å². The Balaban J connectivity index is 2.91. The summed E-state index contributed by atoms with van der Waals surface area (Å²) in [5.74, 6) is 3.49. The number of rotatable bonds is 9. The van der Waals surface area contributed by atoms with Crippen LogP contribution >= 0.6 is 11.8 Å². The summed E-state index contributed by atoms with van der Waals surface area (Å²) in [5, 5.41) is 3.46. The molecule has 0 fully saturated rings. The van der Waals surface area contributed by atoms with Gasteiger partial charge in [0.15, 0.2) is 0 Å². The van der Waals surface area contributed by atoms with E-state index in [0.29, 0.717) is 0 Å². The van der Waals surface area contributed by atoms with Gasteiger partial charge in [-0.2, -0.15) is 11.8 Å². The first-order valence-electron chi connectivity index (χ1n) is 5.59. The van der Waals surface area contributed by atoms with Gasteiger partial charge in [-0.15, -0.1) is 0 Å². The highest BCUT2D eigenvalue weighted by atomic mass is 32.2. The molecule has 1 atom stereocenters. The van der Waals surface area contributed by atoms with Crippen LogP contribution in [0.2, 0.25) is 0 Å². The summed E-state index contributed by atoms with van der Waals surface area (Å²) >= 11 is 2.08. The fourth-order valence-electron chi connectivity index (χ4n) is 0.973. The maximum Gasteiger partial charge on any atom is 0.00582 e. The molecule has 0 rings (SSSR count). The van der Waals surface area contributed by atoms with Gasteiger partial charge in [0.2, 0.25) is 0 Å². The van der Waals surface area contributed by atoms with Crippen molar-refractivity contribution in [2.75, 3.05) is 24.6 Å². The van der Waals surface area contributed by atoms with Crippen LogP contribution in [0.25, 0.3) is 0 Å². The predicted octanol–water partition coefficient (Wildman–Crippen LogP) is 3.16. The van der Waals surface area contributed by atoms with Crippen molar-refractivity contribution in [3.05, 3.63) is 0 Å². The van der Waals surface area contributed by atoms with Crippen molar-refractivity contribution in [1.82, 2.24) is 5.32 Å². The number of nitrogens with one attached hydrogen (secondary N) is 1. The van der Waals surface area contributed by atoms with Gasteiger partial charge in [0.1, 0.15) is 0 Å². The molecule has 0 aliphatic heterocycles. The zero-order valence-electron chi connectivity index (χ0n) is 9.44. The van der Waals surface area contributed by atoms with E-state index in [1.807, 2.05) is 0 Å². The van der Waals surface area contributed by atoms with Crippen LogP contribution in [-0.2, 0) is 0 Å². The van der Waals surface area contributed by atoms with E-state index in [9.17, 15) is 0 Å². The summed E-state index contributed by atoms with van der Waals surface area (Å²) in [4.78, 5) is 0. The largest absolute Gasteiger partial charge is 0.316 e. The minimum atomic E-state index is 0.889. The molecule has 0 aliphatic rings. The Bertz CT molecular complexity index is 96.1. The quantitative estimate of drug-likeness (QED) is 0.578. The average Bonchev–Trinajstić information content (AvgIpc) is 2.16. The Morgan fingerprint density at radius 2 is 2.00 bits per heavy atom. The molecule has 0 amide bonds. The number of unbranched alkanes of at least 4 members (excludes halogenated alkanes) is 1. The summed E-state index contributed by atoms with van der Waals surface area (Å²) in [6.07, 6.45) is 3.93. The topological polar surface area (TPSA) is 12.0 Å². The molecule has 1 N–H and O–H groups in total. The summed E-state index contributed by atoms with van der Waals surface area (Å²) in [6.45, 7) is 9.21. The molecule has 0 heterocycles. The third-order valence-electron chi connectivity index (χ3n) is 2.23. The molecular weight excluding hydrogens is 178 g/mol. The molecular formula is C11H25NS. The van der Waals surface area contributed by atoms with E-state index in [-0.39, 0.29) is 0 Å². The molecule has 0 aromatic heterocycles. The molecule has 2 heteroatoms. The summed E-state index contributed by atoms with van der Waals surface area (Å²) in [5.41, 5.74) is 0. The molecule has 0 saturated heterocycles. The Morgan fingerprint density at radius 3 is 2.62 bits per heavy atom. The summed E-state index contributed by atoms with van der Waals surface area (Å²) in [7, 11) is 0. The third-order valence-corrected chi connectivity index (χ3v) is 3.53.